The number of benzene rings is 2. The highest BCUT2D eigenvalue weighted by atomic mass is 32.2. The molecule has 2 aromatic rings. The van der Waals surface area contributed by atoms with Gasteiger partial charge in [0.2, 0.25) is 10.0 Å². The molecule has 0 aliphatic carbocycles. The van der Waals surface area contributed by atoms with Gasteiger partial charge in [-0.15, -0.1) is 0 Å². The van der Waals surface area contributed by atoms with Gasteiger partial charge in [0.1, 0.15) is 11.5 Å². The van der Waals surface area contributed by atoms with Crippen LogP contribution >= 0.6 is 0 Å². The van der Waals surface area contributed by atoms with Gasteiger partial charge in [-0.05, 0) is 43.3 Å². The van der Waals surface area contributed by atoms with E-state index in [4.69, 9.17) is 20.3 Å². The quantitative estimate of drug-likeness (QED) is 0.823. The minimum atomic E-state index is -3.80. The Balaban J connectivity index is 2.26. The van der Waals surface area contributed by atoms with Crippen LogP contribution in [0.1, 0.15) is 6.92 Å². The molecule has 0 unspecified atom stereocenters. The lowest BCUT2D eigenvalue weighted by atomic mass is 10.3. The molecule has 0 atom stereocenters. The van der Waals surface area contributed by atoms with Gasteiger partial charge in [0, 0.05) is 6.07 Å². The molecule has 112 valence electrons. The van der Waals surface area contributed by atoms with Gasteiger partial charge in [0.15, 0.2) is 5.75 Å². The minimum Gasteiger partial charge on any atom is -0.494 e. The fraction of sp³-hybridized carbons (Fsp3) is 0.143. The van der Waals surface area contributed by atoms with Gasteiger partial charge < -0.3 is 15.2 Å². The molecule has 0 bridgehead atoms. The number of anilines is 1. The van der Waals surface area contributed by atoms with E-state index in [9.17, 15) is 8.42 Å². The van der Waals surface area contributed by atoms with E-state index in [0.717, 1.165) is 5.75 Å². The van der Waals surface area contributed by atoms with Crippen molar-refractivity contribution in [3.8, 4) is 17.2 Å². The molecule has 0 spiro atoms. The van der Waals surface area contributed by atoms with Gasteiger partial charge in [-0.1, -0.05) is 0 Å². The Labute approximate surface area is 123 Å². The normalized spacial score (nSPS) is 11.1. The molecule has 0 aliphatic heterocycles. The van der Waals surface area contributed by atoms with Gasteiger partial charge in [-0.25, -0.2) is 13.6 Å². The predicted molar refractivity (Wildman–Crippen MR) is 79.9 cm³/mol. The van der Waals surface area contributed by atoms with Crippen molar-refractivity contribution in [3.63, 3.8) is 0 Å². The van der Waals surface area contributed by atoms with E-state index < -0.39 is 10.0 Å². The van der Waals surface area contributed by atoms with Crippen molar-refractivity contribution >= 4 is 15.7 Å². The van der Waals surface area contributed by atoms with Crippen molar-refractivity contribution in [2.75, 3.05) is 12.3 Å². The molecule has 0 aliphatic rings. The lowest BCUT2D eigenvalue weighted by Gasteiger charge is -2.10. The average molecular weight is 308 g/mol. The average Bonchev–Trinajstić information content (AvgIpc) is 2.42. The van der Waals surface area contributed by atoms with Crippen LogP contribution in [0.3, 0.4) is 0 Å². The van der Waals surface area contributed by atoms with Crippen LogP contribution in [0.4, 0.5) is 5.69 Å². The first-order valence-corrected chi connectivity index (χ1v) is 7.78. The maximum absolute atomic E-state index is 11.3. The van der Waals surface area contributed by atoms with Crippen LogP contribution in [-0.2, 0) is 10.0 Å². The summed E-state index contributed by atoms with van der Waals surface area (Å²) in [5.41, 5.74) is 6.09. The number of rotatable bonds is 5. The summed E-state index contributed by atoms with van der Waals surface area (Å²) in [6.07, 6.45) is 0. The van der Waals surface area contributed by atoms with Crippen LogP contribution in [-0.4, -0.2) is 15.0 Å². The van der Waals surface area contributed by atoms with E-state index in [2.05, 4.69) is 0 Å². The Morgan fingerprint density at radius 3 is 2.24 bits per heavy atom. The molecule has 0 radical (unpaired) electrons. The number of sulfonamides is 1. The Morgan fingerprint density at radius 1 is 1.05 bits per heavy atom. The molecule has 0 heterocycles. The lowest BCUT2D eigenvalue weighted by Crippen LogP contribution is -2.12. The van der Waals surface area contributed by atoms with Gasteiger partial charge in [-0.3, -0.25) is 0 Å². The standard InChI is InChI=1S/C14H16N2O4S/c1-2-19-10-3-5-11(6-4-10)20-14-9-12(21(16,17)18)7-8-13(14)15/h3-9H,2,15H2,1H3,(H2,16,17,18). The van der Waals surface area contributed by atoms with E-state index in [0.29, 0.717) is 18.0 Å². The second kappa shape index (κ2) is 6.02. The summed E-state index contributed by atoms with van der Waals surface area (Å²) < 4.78 is 33.6. The van der Waals surface area contributed by atoms with Crippen molar-refractivity contribution in [3.05, 3.63) is 42.5 Å². The maximum atomic E-state index is 11.3. The van der Waals surface area contributed by atoms with Crippen LogP contribution in [0.5, 0.6) is 17.2 Å². The monoisotopic (exact) mass is 308 g/mol. The topological polar surface area (TPSA) is 105 Å². The highest BCUT2D eigenvalue weighted by molar-refractivity contribution is 7.89. The molecule has 0 fully saturated rings. The molecule has 6 nitrogen and oxygen atoms in total. The summed E-state index contributed by atoms with van der Waals surface area (Å²) in [6, 6.07) is 11.0. The number of nitrogen functional groups attached to an aromatic ring is 1. The third-order valence-corrected chi connectivity index (χ3v) is 3.59. The van der Waals surface area contributed by atoms with Crippen LogP contribution in [0.2, 0.25) is 0 Å². The number of ether oxygens (including phenoxy) is 2. The molecule has 4 N–H and O–H groups in total. The molecule has 0 saturated heterocycles. The SMILES string of the molecule is CCOc1ccc(Oc2cc(S(N)(=O)=O)ccc2N)cc1. The zero-order valence-corrected chi connectivity index (χ0v) is 12.3. The fourth-order valence-corrected chi connectivity index (χ4v) is 2.21. The van der Waals surface area contributed by atoms with Gasteiger partial charge in [-0.2, -0.15) is 0 Å². The number of hydrogen-bond donors (Lipinski definition) is 2. The minimum absolute atomic E-state index is 0.0577. The van der Waals surface area contributed by atoms with E-state index in [1.165, 1.54) is 18.2 Å². The first-order chi connectivity index (χ1) is 9.90. The third kappa shape index (κ3) is 3.87. The predicted octanol–water partition coefficient (Wildman–Crippen LogP) is 2.11. The smallest absolute Gasteiger partial charge is 0.238 e. The van der Waals surface area contributed by atoms with Crippen molar-refractivity contribution in [1.82, 2.24) is 0 Å². The summed E-state index contributed by atoms with van der Waals surface area (Å²) in [6.45, 7) is 2.47. The van der Waals surface area contributed by atoms with E-state index in [-0.39, 0.29) is 10.6 Å². The second-order valence-corrected chi connectivity index (χ2v) is 5.81. The van der Waals surface area contributed by atoms with Crippen LogP contribution in [0.25, 0.3) is 0 Å². The van der Waals surface area contributed by atoms with E-state index in [1.807, 2.05) is 6.92 Å². The second-order valence-electron chi connectivity index (χ2n) is 4.25. The molecule has 21 heavy (non-hydrogen) atoms. The van der Waals surface area contributed by atoms with Crippen LogP contribution < -0.4 is 20.3 Å². The van der Waals surface area contributed by atoms with E-state index in [1.54, 1.807) is 24.3 Å². The lowest BCUT2D eigenvalue weighted by molar-refractivity contribution is 0.339. The summed E-state index contributed by atoms with van der Waals surface area (Å²) in [4.78, 5) is -0.0577. The van der Waals surface area contributed by atoms with Crippen molar-refractivity contribution in [1.29, 1.82) is 0 Å². The fourth-order valence-electron chi connectivity index (χ4n) is 1.68. The number of nitrogens with two attached hydrogens (primary N) is 2. The summed E-state index contributed by atoms with van der Waals surface area (Å²) in [5.74, 6) is 1.46. The third-order valence-electron chi connectivity index (χ3n) is 2.68. The Hall–Kier alpha value is -2.25. The highest BCUT2D eigenvalue weighted by Crippen LogP contribution is 2.30. The Kier molecular flexibility index (Phi) is 4.35. The van der Waals surface area contributed by atoms with E-state index >= 15 is 0 Å². The molecule has 2 rings (SSSR count). The maximum Gasteiger partial charge on any atom is 0.238 e. The summed E-state index contributed by atoms with van der Waals surface area (Å²) >= 11 is 0. The van der Waals surface area contributed by atoms with Crippen LogP contribution in [0.15, 0.2) is 47.4 Å². The zero-order valence-electron chi connectivity index (χ0n) is 11.4. The number of primary sulfonamides is 1. The number of hydrogen-bond acceptors (Lipinski definition) is 5. The van der Waals surface area contributed by atoms with Crippen molar-refractivity contribution in [2.24, 2.45) is 5.14 Å². The molecule has 0 saturated carbocycles. The Bertz CT molecular complexity index is 727. The molecule has 7 heteroatoms. The molecular weight excluding hydrogens is 292 g/mol. The van der Waals surface area contributed by atoms with Crippen molar-refractivity contribution < 1.29 is 17.9 Å². The first kappa shape index (κ1) is 15.1. The highest BCUT2D eigenvalue weighted by Gasteiger charge is 2.11. The molecule has 0 amide bonds. The largest absolute Gasteiger partial charge is 0.494 e. The zero-order chi connectivity index (χ0) is 15.5. The Morgan fingerprint density at radius 2 is 1.67 bits per heavy atom. The molecule has 2 aromatic carbocycles. The van der Waals surface area contributed by atoms with Gasteiger partial charge in [0.05, 0.1) is 17.2 Å². The first-order valence-electron chi connectivity index (χ1n) is 6.23. The summed E-state index contributed by atoms with van der Waals surface area (Å²) in [7, 11) is -3.80. The van der Waals surface area contributed by atoms with Gasteiger partial charge >= 0.3 is 0 Å². The van der Waals surface area contributed by atoms with Gasteiger partial charge in [0.25, 0.3) is 0 Å². The summed E-state index contributed by atoms with van der Waals surface area (Å²) in [5, 5.41) is 5.08. The molecular formula is C14H16N2O4S. The van der Waals surface area contributed by atoms with Crippen molar-refractivity contribution in [2.45, 2.75) is 11.8 Å². The molecule has 0 aromatic heterocycles. The van der Waals surface area contributed by atoms with Crippen LogP contribution in [0, 0.1) is 0 Å².